The number of carbonyl (C=O) groups is 8. The van der Waals surface area contributed by atoms with E-state index in [9.17, 15) is 43.5 Å². The number of aliphatic carboxylic acids is 3. The van der Waals surface area contributed by atoms with E-state index >= 15 is 0 Å². The van der Waals surface area contributed by atoms with E-state index in [1.807, 2.05) is 12.1 Å². The number of carboxylic acids is 3. The lowest BCUT2D eigenvalue weighted by atomic mass is 10.0. The van der Waals surface area contributed by atoms with Crippen LogP contribution in [0.5, 0.6) is 0 Å². The second-order valence-electron chi connectivity index (χ2n) is 16.3. The minimum absolute atomic E-state index is 0.0758. The molecule has 4 aromatic rings. The lowest BCUT2D eigenvalue weighted by molar-refractivity contribution is -0.143. The summed E-state index contributed by atoms with van der Waals surface area (Å²) >= 11 is 0. The highest BCUT2D eigenvalue weighted by atomic mass is 16.4. The average Bonchev–Trinajstić information content (AvgIpc) is 3.30. The molecule has 0 aliphatic heterocycles. The molecule has 23 nitrogen and oxygen atoms in total. The van der Waals surface area contributed by atoms with E-state index in [1.54, 1.807) is 54.6 Å². The molecule has 1 aromatic heterocycles. The first-order chi connectivity index (χ1) is 33.0. The summed E-state index contributed by atoms with van der Waals surface area (Å²) < 4.78 is 0. The van der Waals surface area contributed by atoms with Gasteiger partial charge in [0.15, 0.2) is 0 Å². The van der Waals surface area contributed by atoms with E-state index in [0.717, 1.165) is 10.3 Å². The normalized spacial score (nSPS) is 12.5. The van der Waals surface area contributed by atoms with Gasteiger partial charge in [0.05, 0.1) is 48.5 Å². The SMILES string of the molecule is NCCCC[C@H](NC(=O)[C@H](CCCCN)NC(=O)[C@H](CN)NC(=O)c1cccc2c(Nc3ccc(CNC(=O)CN(CCN(CC(=O)O)CC(=O)O)CC(=O)O)cc3)c3ccccc3nc12)C(N)=O. The van der Waals surface area contributed by atoms with Crippen LogP contribution in [-0.4, -0.2) is 155 Å². The van der Waals surface area contributed by atoms with Gasteiger partial charge < -0.3 is 64.8 Å². The highest BCUT2D eigenvalue weighted by Gasteiger charge is 2.29. The molecule has 0 unspecified atom stereocenters. The number of fused-ring (bicyclic) bond motifs is 2. The number of benzene rings is 3. The van der Waals surface area contributed by atoms with Crippen LogP contribution >= 0.6 is 0 Å². The van der Waals surface area contributed by atoms with Crippen molar-refractivity contribution in [2.24, 2.45) is 22.9 Å². The third-order valence-corrected chi connectivity index (χ3v) is 10.9. The number of hydrogen-bond acceptors (Lipinski definition) is 15. The quantitative estimate of drug-likeness (QED) is 0.0221. The molecular formula is C46H62N12O11. The van der Waals surface area contributed by atoms with Crippen LogP contribution in [0, 0.1) is 0 Å². The van der Waals surface area contributed by atoms with Gasteiger partial charge in [0, 0.05) is 42.6 Å². The maximum atomic E-state index is 14.0. The Labute approximate surface area is 397 Å². The van der Waals surface area contributed by atoms with Crippen LogP contribution in [-0.2, 0) is 40.1 Å². The summed E-state index contributed by atoms with van der Waals surface area (Å²) in [5.74, 6) is -6.97. The summed E-state index contributed by atoms with van der Waals surface area (Å²) in [4.78, 5) is 107. The van der Waals surface area contributed by atoms with Gasteiger partial charge >= 0.3 is 17.9 Å². The number of aromatic nitrogens is 1. The fraction of sp³-hybridized carbons (Fsp3) is 0.413. The molecule has 23 heteroatoms. The lowest BCUT2D eigenvalue weighted by Gasteiger charge is -2.24. The summed E-state index contributed by atoms with van der Waals surface area (Å²) in [6.45, 7) is -1.67. The average molecular weight is 959 g/mol. The van der Waals surface area contributed by atoms with Gasteiger partial charge in [-0.25, -0.2) is 4.98 Å². The van der Waals surface area contributed by atoms with Gasteiger partial charge in [0.1, 0.15) is 18.1 Å². The fourth-order valence-corrected chi connectivity index (χ4v) is 7.38. The van der Waals surface area contributed by atoms with Gasteiger partial charge in [-0.3, -0.25) is 48.2 Å². The highest BCUT2D eigenvalue weighted by Crippen LogP contribution is 2.34. The number of hydrogen-bond donors (Lipinski definition) is 12. The second kappa shape index (κ2) is 27.5. The minimum Gasteiger partial charge on any atom is -0.480 e. The molecule has 4 rings (SSSR count). The molecule has 0 aliphatic carbocycles. The first-order valence-corrected chi connectivity index (χ1v) is 22.4. The minimum atomic E-state index is -1.27. The van der Waals surface area contributed by atoms with Gasteiger partial charge in [-0.05, 0) is 81.4 Å². The topological polar surface area (TPSA) is 381 Å². The number of nitrogens with zero attached hydrogens (tertiary/aromatic N) is 3. The molecule has 0 fully saturated rings. The molecule has 0 aliphatic rings. The maximum Gasteiger partial charge on any atom is 0.317 e. The Morgan fingerprint density at radius 2 is 1.16 bits per heavy atom. The number of amides is 5. The molecule has 16 N–H and O–H groups in total. The predicted octanol–water partition coefficient (Wildman–Crippen LogP) is -0.624. The zero-order valence-corrected chi connectivity index (χ0v) is 38.2. The number of pyridine rings is 1. The second-order valence-corrected chi connectivity index (χ2v) is 16.3. The molecular weight excluding hydrogens is 897 g/mol. The Balaban J connectivity index is 1.48. The van der Waals surface area contributed by atoms with Gasteiger partial charge in [-0.15, -0.1) is 0 Å². The smallest absolute Gasteiger partial charge is 0.317 e. The fourth-order valence-electron chi connectivity index (χ4n) is 7.38. The number of carboxylic acid groups (broad SMARTS) is 3. The van der Waals surface area contributed by atoms with Crippen LogP contribution in [0.25, 0.3) is 21.8 Å². The maximum absolute atomic E-state index is 14.0. The summed E-state index contributed by atoms with van der Waals surface area (Å²) in [5.41, 5.74) is 25.8. The van der Waals surface area contributed by atoms with E-state index in [4.69, 9.17) is 38.1 Å². The largest absolute Gasteiger partial charge is 0.480 e. The summed E-state index contributed by atoms with van der Waals surface area (Å²) in [7, 11) is 0. The molecule has 0 bridgehead atoms. The third-order valence-electron chi connectivity index (χ3n) is 10.9. The molecule has 372 valence electrons. The van der Waals surface area contributed by atoms with Crippen LogP contribution in [0.3, 0.4) is 0 Å². The number of para-hydroxylation sites is 2. The number of unbranched alkanes of at least 4 members (excludes halogenated alkanes) is 2. The van der Waals surface area contributed by atoms with Crippen molar-refractivity contribution in [2.45, 2.75) is 63.2 Å². The van der Waals surface area contributed by atoms with Gasteiger partial charge in [0.2, 0.25) is 23.6 Å². The Kier molecular flexibility index (Phi) is 21.6. The molecule has 0 saturated carbocycles. The van der Waals surface area contributed by atoms with Crippen molar-refractivity contribution in [3.05, 3.63) is 77.9 Å². The molecule has 1 heterocycles. The van der Waals surface area contributed by atoms with Gasteiger partial charge in [-0.1, -0.05) is 42.5 Å². The van der Waals surface area contributed by atoms with E-state index in [-0.39, 0.29) is 51.1 Å². The van der Waals surface area contributed by atoms with Crippen LogP contribution < -0.4 is 49.5 Å². The van der Waals surface area contributed by atoms with Crippen LogP contribution in [0.2, 0.25) is 0 Å². The molecule has 3 atom stereocenters. The van der Waals surface area contributed by atoms with Crippen LogP contribution in [0.4, 0.5) is 11.4 Å². The highest BCUT2D eigenvalue weighted by molar-refractivity contribution is 6.15. The number of primary amides is 1. The van der Waals surface area contributed by atoms with Crippen molar-refractivity contribution in [3.63, 3.8) is 0 Å². The number of nitrogens with one attached hydrogen (secondary N) is 5. The van der Waals surface area contributed by atoms with E-state index in [0.29, 0.717) is 72.1 Å². The van der Waals surface area contributed by atoms with E-state index in [2.05, 4.69) is 26.6 Å². The summed E-state index contributed by atoms with van der Waals surface area (Å²) in [6, 6.07) is 16.1. The van der Waals surface area contributed by atoms with E-state index < -0.39 is 85.2 Å². The monoisotopic (exact) mass is 958 g/mol. The molecule has 0 radical (unpaired) electrons. The first-order valence-electron chi connectivity index (χ1n) is 22.4. The predicted molar refractivity (Wildman–Crippen MR) is 256 cm³/mol. The third kappa shape index (κ3) is 17.4. The Morgan fingerprint density at radius 1 is 0.609 bits per heavy atom. The van der Waals surface area contributed by atoms with Crippen molar-refractivity contribution in [1.82, 2.24) is 36.1 Å². The molecule has 0 spiro atoms. The molecule has 69 heavy (non-hydrogen) atoms. The van der Waals surface area contributed by atoms with Gasteiger partial charge in [0.25, 0.3) is 5.91 Å². The van der Waals surface area contributed by atoms with Crippen LogP contribution in [0.1, 0.15) is 54.4 Å². The lowest BCUT2D eigenvalue weighted by Crippen LogP contribution is -2.57. The zero-order chi connectivity index (χ0) is 50.5. The molecule has 0 saturated heterocycles. The number of anilines is 2. The first kappa shape index (κ1) is 54.3. The summed E-state index contributed by atoms with van der Waals surface area (Å²) in [5, 5.41) is 43.1. The van der Waals surface area contributed by atoms with Crippen molar-refractivity contribution >= 4 is 80.6 Å². The molecule has 3 aromatic carbocycles. The van der Waals surface area contributed by atoms with Crippen molar-refractivity contribution in [1.29, 1.82) is 0 Å². The van der Waals surface area contributed by atoms with Crippen LogP contribution in [0.15, 0.2) is 66.7 Å². The zero-order valence-electron chi connectivity index (χ0n) is 38.2. The van der Waals surface area contributed by atoms with E-state index in [1.165, 1.54) is 4.90 Å². The standard InChI is InChI=1S/C46H62N12O11/c47-18-5-3-12-34(43(50)66)54-45(68)35(13-4-6-19-48)55-46(69)36(22-49)56-44(67)32-10-7-9-31-41(30-8-1-2-11-33(30)53-42(31)32)52-29-16-14-28(15-17-29)23-51-37(59)24-57(25-38(60)61)20-21-58(26-39(62)63)27-40(64)65/h1-2,7-11,14-17,34-36H,3-6,12-13,18-27,47-49H2,(H2,50,66)(H,51,59)(H,52,53)(H,54,68)(H,55,69)(H,56,67)(H,60,61)(H,62,63)(H,64,65)/t34-,35-,36-/m0/s1. The number of rotatable bonds is 31. The number of nitrogens with two attached hydrogens (primary N) is 4. The Bertz CT molecular complexity index is 2420. The summed E-state index contributed by atoms with van der Waals surface area (Å²) in [6.07, 6.45) is 2.68. The Hall–Kier alpha value is -7.31. The van der Waals surface area contributed by atoms with Crippen molar-refractivity contribution in [3.8, 4) is 0 Å². The van der Waals surface area contributed by atoms with Crippen molar-refractivity contribution in [2.75, 3.05) is 64.2 Å². The molecule has 5 amide bonds. The van der Waals surface area contributed by atoms with Crippen molar-refractivity contribution < 1.29 is 53.7 Å². The Morgan fingerprint density at radius 3 is 1.74 bits per heavy atom. The van der Waals surface area contributed by atoms with Gasteiger partial charge in [-0.2, -0.15) is 0 Å². The number of carbonyl (C=O) groups excluding carboxylic acids is 5.